The van der Waals surface area contributed by atoms with Crippen LogP contribution in [0.4, 0.5) is 28.7 Å². The quantitative estimate of drug-likeness (QED) is 0.308. The average Bonchev–Trinajstić information content (AvgIpc) is 3.93. The van der Waals surface area contributed by atoms with Crippen LogP contribution < -0.4 is 24.5 Å². The van der Waals surface area contributed by atoms with Gasteiger partial charge in [0.05, 0.1) is 60.5 Å². The minimum atomic E-state index is -2.29. The molecule has 4 aromatic rings. The highest BCUT2D eigenvalue weighted by Crippen LogP contribution is 2.44. The van der Waals surface area contributed by atoms with E-state index in [4.69, 9.17) is 18.2 Å². The number of aromatic nitrogens is 3. The number of rotatable bonds is 6. The largest absolute Gasteiger partial charge is 0.374 e. The van der Waals surface area contributed by atoms with Gasteiger partial charge in [0.15, 0.2) is 0 Å². The van der Waals surface area contributed by atoms with E-state index in [-0.39, 0.29) is 13.3 Å². The van der Waals surface area contributed by atoms with Crippen LogP contribution in [0.15, 0.2) is 86.3 Å². The number of pyridine rings is 2. The Labute approximate surface area is 278 Å². The maximum Gasteiger partial charge on any atom is 0.136 e. The van der Waals surface area contributed by atoms with Crippen molar-refractivity contribution in [3.05, 3.63) is 86.3 Å². The molecule has 0 fully saturated rings. The maximum atomic E-state index is 8.08. The Kier molecular flexibility index (Phi) is 5.05. The van der Waals surface area contributed by atoms with Crippen LogP contribution in [-0.4, -0.2) is 103 Å². The van der Waals surface area contributed by atoms with Crippen molar-refractivity contribution in [3.8, 4) is 5.69 Å². The van der Waals surface area contributed by atoms with Crippen LogP contribution in [0.3, 0.4) is 0 Å². The lowest BCUT2D eigenvalue weighted by Crippen LogP contribution is -2.27. The van der Waals surface area contributed by atoms with Gasteiger partial charge in [-0.1, -0.05) is 0 Å². The minimum absolute atomic E-state index is 0.137. The summed E-state index contributed by atoms with van der Waals surface area (Å²) in [6.45, 7) is -2.98. The van der Waals surface area contributed by atoms with Gasteiger partial charge in [0.25, 0.3) is 0 Å². The summed E-state index contributed by atoms with van der Waals surface area (Å²) in [5, 5.41) is 1.80. The van der Waals surface area contributed by atoms with E-state index in [1.807, 2.05) is 87.5 Å². The Morgan fingerprint density at radius 3 is 1.43 bits per heavy atom. The van der Waals surface area contributed by atoms with Crippen molar-refractivity contribution in [1.82, 2.24) is 34.1 Å². The fraction of sp³-hybridized carbons (Fsp3) is 0.294. The van der Waals surface area contributed by atoms with Gasteiger partial charge in [0.1, 0.15) is 11.6 Å². The average molecular weight is 623 g/mol. The Bertz CT molecular complexity index is 2170. The van der Waals surface area contributed by atoms with Crippen molar-refractivity contribution in [3.63, 3.8) is 0 Å². The molecule has 1 aromatic carbocycles. The van der Waals surface area contributed by atoms with E-state index in [9.17, 15) is 0 Å². The molecule has 0 unspecified atom stereocenters. The van der Waals surface area contributed by atoms with Gasteiger partial charge in [-0.25, -0.2) is 9.97 Å². The molecule has 7 heterocycles. The summed E-state index contributed by atoms with van der Waals surface area (Å²) in [6, 6.07) is 8.34. The number of fused-ring (bicyclic) bond motifs is 3. The van der Waals surface area contributed by atoms with Crippen molar-refractivity contribution in [2.24, 2.45) is 0 Å². The van der Waals surface area contributed by atoms with Crippen LogP contribution >= 0.6 is 0 Å². The highest BCUT2D eigenvalue weighted by Gasteiger charge is 2.27. The predicted molar refractivity (Wildman–Crippen MR) is 188 cm³/mol. The molecule has 3 aromatic heterocycles. The molecule has 12 heteroatoms. The van der Waals surface area contributed by atoms with Gasteiger partial charge >= 0.3 is 0 Å². The van der Waals surface area contributed by atoms with E-state index in [2.05, 4.69) is 47.3 Å². The second-order valence-corrected chi connectivity index (χ2v) is 12.3. The third kappa shape index (κ3) is 4.59. The standard InChI is InChI=1S/C34H40N12/c1-37(2)34-30(42-11-7-38(3)21-42)15-25(16-31(34)43-12-8-39(4)22-43)46-28-17-32(44-13-9-40(5)23-44)35-19-26(28)27-20-36-33(18-29(27)46)45-14-10-41(6)24-45/h7-20H,21-24H2,1-6H3/i3D3,5D3. The van der Waals surface area contributed by atoms with E-state index in [0.29, 0.717) is 19.2 Å². The molecule has 0 radical (unpaired) electrons. The second kappa shape index (κ2) is 10.5. The predicted octanol–water partition coefficient (Wildman–Crippen LogP) is 4.36. The molecule has 12 nitrogen and oxygen atoms in total. The zero-order valence-electron chi connectivity index (χ0n) is 32.3. The number of nitrogens with zero attached hydrogens (tertiary/aromatic N) is 12. The van der Waals surface area contributed by atoms with Crippen molar-refractivity contribution in [1.29, 1.82) is 0 Å². The first kappa shape index (κ1) is 22.1. The summed E-state index contributed by atoms with van der Waals surface area (Å²) in [7, 11) is 8.03. The van der Waals surface area contributed by atoms with Crippen molar-refractivity contribution >= 4 is 50.5 Å². The van der Waals surface area contributed by atoms with Crippen LogP contribution in [0.25, 0.3) is 27.5 Å². The summed E-state index contributed by atoms with van der Waals surface area (Å²) >= 11 is 0. The topological polar surface area (TPSA) is 59.9 Å². The van der Waals surface area contributed by atoms with Crippen LogP contribution in [-0.2, 0) is 0 Å². The molecule has 0 atom stereocenters. The first-order valence-corrected chi connectivity index (χ1v) is 15.1. The van der Waals surface area contributed by atoms with Crippen molar-refractivity contribution in [2.45, 2.75) is 0 Å². The number of benzene rings is 1. The summed E-state index contributed by atoms with van der Waals surface area (Å²) in [6.07, 6.45) is 18.5. The van der Waals surface area contributed by atoms with E-state index in [1.165, 1.54) is 9.80 Å². The molecule has 236 valence electrons. The molecule has 0 saturated heterocycles. The van der Waals surface area contributed by atoms with E-state index < -0.39 is 14.0 Å². The molecule has 4 aliphatic rings. The first-order chi connectivity index (χ1) is 24.7. The van der Waals surface area contributed by atoms with Gasteiger partial charge in [0.2, 0.25) is 0 Å². The highest BCUT2D eigenvalue weighted by molar-refractivity contribution is 6.10. The lowest BCUT2D eigenvalue weighted by atomic mass is 10.1. The van der Waals surface area contributed by atoms with Gasteiger partial charge in [-0.15, -0.1) is 0 Å². The first-order valence-electron chi connectivity index (χ1n) is 18.1. The SMILES string of the molecule is [2H]C([2H])([2H])N1C=CN(c2cc3c(cn2)c2cnc(N4C=CN(C)C4)cc2n3-c2cc(N3C=CN(C)C3)c(N(C)C)c(N3C=CN(C([2H])([2H])[2H])C3)c2)C1. The van der Waals surface area contributed by atoms with Gasteiger partial charge in [-0.3, -0.25) is 0 Å². The summed E-state index contributed by atoms with van der Waals surface area (Å²) in [5.41, 5.74) is 5.33. The molecule has 0 spiro atoms. The minimum Gasteiger partial charge on any atom is -0.374 e. The van der Waals surface area contributed by atoms with Crippen LogP contribution in [0.1, 0.15) is 8.22 Å². The van der Waals surface area contributed by atoms with E-state index in [1.54, 1.807) is 18.6 Å². The van der Waals surface area contributed by atoms with Crippen molar-refractivity contribution in [2.75, 3.05) is 93.3 Å². The molecule has 0 N–H and O–H groups in total. The molecule has 46 heavy (non-hydrogen) atoms. The lowest BCUT2D eigenvalue weighted by Gasteiger charge is -2.31. The Hall–Kier alpha value is -5.52. The highest BCUT2D eigenvalue weighted by atomic mass is 15.4. The van der Waals surface area contributed by atoms with Gasteiger partial charge < -0.3 is 48.7 Å². The van der Waals surface area contributed by atoms with Crippen LogP contribution in [0.2, 0.25) is 0 Å². The number of hydrogen-bond donors (Lipinski definition) is 0. The van der Waals surface area contributed by atoms with E-state index in [0.717, 1.165) is 50.4 Å². The Balaban J connectivity index is 1.36. The fourth-order valence-corrected chi connectivity index (χ4v) is 6.50. The second-order valence-electron chi connectivity index (χ2n) is 12.3. The van der Waals surface area contributed by atoms with E-state index >= 15 is 0 Å². The normalized spacial score (nSPS) is 20.1. The summed E-state index contributed by atoms with van der Waals surface area (Å²) in [4.78, 5) is 26.6. The molecule has 4 aliphatic heterocycles. The molecule has 0 bridgehead atoms. The third-order valence-electron chi connectivity index (χ3n) is 8.69. The molecular formula is C34H40N12. The monoisotopic (exact) mass is 622 g/mol. The Morgan fingerprint density at radius 2 is 1.02 bits per heavy atom. The number of hydrogen-bond acceptors (Lipinski definition) is 11. The molecular weight excluding hydrogens is 576 g/mol. The molecule has 0 amide bonds. The summed E-state index contributed by atoms with van der Waals surface area (Å²) in [5.74, 6) is 1.38. The zero-order chi connectivity index (χ0) is 36.7. The zero-order valence-corrected chi connectivity index (χ0v) is 26.3. The van der Waals surface area contributed by atoms with Gasteiger partial charge in [0, 0.05) is 135 Å². The molecule has 0 saturated carbocycles. The smallest absolute Gasteiger partial charge is 0.136 e. The van der Waals surface area contributed by atoms with Gasteiger partial charge in [-0.05, 0) is 12.1 Å². The maximum absolute atomic E-state index is 8.08. The molecule has 0 aliphatic carbocycles. The van der Waals surface area contributed by atoms with Crippen molar-refractivity contribution < 1.29 is 8.22 Å². The van der Waals surface area contributed by atoms with Crippen LogP contribution in [0, 0.1) is 0 Å². The molecule has 8 rings (SSSR count). The lowest BCUT2D eigenvalue weighted by molar-refractivity contribution is 0.494. The third-order valence-corrected chi connectivity index (χ3v) is 8.69. The van der Waals surface area contributed by atoms with Gasteiger partial charge in [-0.2, -0.15) is 0 Å². The fourth-order valence-electron chi connectivity index (χ4n) is 6.50. The number of anilines is 5. The van der Waals surface area contributed by atoms with Crippen LogP contribution in [0.5, 0.6) is 0 Å². The Morgan fingerprint density at radius 1 is 0.587 bits per heavy atom. The summed E-state index contributed by atoms with van der Waals surface area (Å²) < 4.78 is 50.1.